The van der Waals surface area contributed by atoms with E-state index in [1.165, 1.54) is 6.07 Å². The molecule has 206 valence electrons. The zero-order valence-electron chi connectivity index (χ0n) is 22.1. The fourth-order valence-electron chi connectivity index (χ4n) is 5.74. The molecule has 1 N–H and O–H groups in total. The molecule has 3 aromatic rings. The number of pyridine rings is 1. The molecule has 0 unspecified atom stereocenters. The number of rotatable bonds is 6. The van der Waals surface area contributed by atoms with Crippen LogP contribution in [0.1, 0.15) is 87.2 Å². The van der Waals surface area contributed by atoms with E-state index in [0.29, 0.717) is 28.8 Å². The second-order valence-corrected chi connectivity index (χ2v) is 11.6. The maximum absolute atomic E-state index is 14.7. The summed E-state index contributed by atoms with van der Waals surface area (Å²) < 4.78 is 62.5. The number of benzene rings is 2. The summed E-state index contributed by atoms with van der Waals surface area (Å²) in [6.45, 7) is 3.31. The Morgan fingerprint density at radius 2 is 1.69 bits per heavy atom. The highest BCUT2D eigenvalue weighted by Gasteiger charge is 2.30. The largest absolute Gasteiger partial charge is 0.454 e. The van der Waals surface area contributed by atoms with E-state index in [9.17, 15) is 22.3 Å². The molecule has 0 radical (unpaired) electrons. The highest BCUT2D eigenvalue weighted by atomic mass is 32.2. The molecule has 2 aromatic carbocycles. The lowest BCUT2D eigenvalue weighted by Gasteiger charge is -2.28. The summed E-state index contributed by atoms with van der Waals surface area (Å²) in [5.41, 5.74) is 3.19. The predicted octanol–water partition coefficient (Wildman–Crippen LogP) is 7.67. The molecule has 5 rings (SSSR count). The van der Waals surface area contributed by atoms with E-state index in [1.807, 2.05) is 0 Å². The fraction of sp³-hybridized carbons (Fsp3) is 0.433. The number of nitrogens with zero attached hydrogens (tertiary/aromatic N) is 2. The Kier molecular flexibility index (Phi) is 7.82. The van der Waals surface area contributed by atoms with Crippen LogP contribution in [0.4, 0.5) is 14.5 Å². The SMILES string of the molecule is CC(C)(O)c1ccc(Oc2ccc(F)cc2F)c(-c2c3c(nc(C4CCCCC4)c2N=S(=O)=O)CCCC3)c1. The quantitative estimate of drug-likeness (QED) is 0.338. The predicted molar refractivity (Wildman–Crippen MR) is 145 cm³/mol. The number of hydrogen-bond donors (Lipinski definition) is 1. The third-order valence-electron chi connectivity index (χ3n) is 7.70. The molecule has 0 aliphatic heterocycles. The van der Waals surface area contributed by atoms with E-state index in [4.69, 9.17) is 9.72 Å². The van der Waals surface area contributed by atoms with Gasteiger partial charge < -0.3 is 9.84 Å². The Bertz CT molecular complexity index is 1530. The number of aromatic nitrogens is 1. The van der Waals surface area contributed by atoms with Crippen LogP contribution >= 0.6 is 0 Å². The second-order valence-electron chi connectivity index (χ2n) is 10.9. The van der Waals surface area contributed by atoms with Gasteiger partial charge in [0.2, 0.25) is 0 Å². The van der Waals surface area contributed by atoms with Crippen molar-refractivity contribution >= 4 is 16.2 Å². The van der Waals surface area contributed by atoms with Gasteiger partial charge in [0.15, 0.2) is 11.6 Å². The molecule has 0 spiro atoms. The van der Waals surface area contributed by atoms with Crippen LogP contribution < -0.4 is 4.74 Å². The number of halogens is 2. The third-order valence-corrected chi connectivity index (χ3v) is 8.03. The number of aryl methyl sites for hydroxylation is 1. The van der Waals surface area contributed by atoms with Gasteiger partial charge in [-0.2, -0.15) is 8.42 Å². The summed E-state index contributed by atoms with van der Waals surface area (Å²) in [6, 6.07) is 8.12. The van der Waals surface area contributed by atoms with Gasteiger partial charge in [0.1, 0.15) is 17.3 Å². The van der Waals surface area contributed by atoms with Gasteiger partial charge in [-0.3, -0.25) is 4.98 Å². The Hall–Kier alpha value is -3.17. The van der Waals surface area contributed by atoms with E-state index in [-0.39, 0.29) is 23.1 Å². The molecule has 0 amide bonds. The Morgan fingerprint density at radius 1 is 0.974 bits per heavy atom. The zero-order valence-corrected chi connectivity index (χ0v) is 23.0. The standard InChI is InChI=1S/C30H32F2N2O4S/c1-30(2,35)19-12-14-25(38-26-15-13-20(31)17-23(26)32)22(16-19)27-21-10-6-7-11-24(21)33-28(29(27)34-39(36)37)18-8-4-3-5-9-18/h12-18,35H,3-11H2,1-2H3. The lowest BCUT2D eigenvalue weighted by molar-refractivity contribution is 0.0786. The molecule has 9 heteroatoms. The minimum Gasteiger partial charge on any atom is -0.454 e. The summed E-state index contributed by atoms with van der Waals surface area (Å²) in [7, 11) is -2.75. The number of fused-ring (bicyclic) bond motifs is 1. The van der Waals surface area contributed by atoms with Crippen LogP contribution in [0.15, 0.2) is 40.8 Å². The molecule has 6 nitrogen and oxygen atoms in total. The van der Waals surface area contributed by atoms with Gasteiger partial charge in [0.05, 0.1) is 11.3 Å². The molecule has 2 aliphatic carbocycles. The van der Waals surface area contributed by atoms with E-state index in [2.05, 4.69) is 4.36 Å². The number of aliphatic hydroxyl groups is 1. The maximum Gasteiger partial charge on any atom is 0.316 e. The Balaban J connectivity index is 1.82. The monoisotopic (exact) mass is 554 g/mol. The van der Waals surface area contributed by atoms with Crippen molar-refractivity contribution in [3.8, 4) is 22.6 Å². The molecule has 1 fully saturated rings. The van der Waals surface area contributed by atoms with Crippen LogP contribution in [0.25, 0.3) is 11.1 Å². The lowest BCUT2D eigenvalue weighted by atomic mass is 9.81. The molecular formula is C30H32F2N2O4S. The van der Waals surface area contributed by atoms with Crippen LogP contribution in [0.5, 0.6) is 11.5 Å². The van der Waals surface area contributed by atoms with Gasteiger partial charge in [-0.1, -0.05) is 25.3 Å². The van der Waals surface area contributed by atoms with Crippen molar-refractivity contribution in [2.24, 2.45) is 4.36 Å². The third kappa shape index (κ3) is 5.89. The highest BCUT2D eigenvalue weighted by molar-refractivity contribution is 7.61. The molecular weight excluding hydrogens is 522 g/mol. The van der Waals surface area contributed by atoms with Crippen LogP contribution in [-0.2, 0) is 28.9 Å². The average molecular weight is 555 g/mol. The van der Waals surface area contributed by atoms with Crippen molar-refractivity contribution in [2.75, 3.05) is 0 Å². The van der Waals surface area contributed by atoms with Gasteiger partial charge in [-0.15, -0.1) is 4.36 Å². The normalized spacial score (nSPS) is 16.0. The summed E-state index contributed by atoms with van der Waals surface area (Å²) >= 11 is 0. The molecule has 39 heavy (non-hydrogen) atoms. The molecule has 1 saturated carbocycles. The zero-order chi connectivity index (χ0) is 27.7. The van der Waals surface area contributed by atoms with Crippen molar-refractivity contribution in [1.29, 1.82) is 0 Å². The molecule has 1 aromatic heterocycles. The Morgan fingerprint density at radius 3 is 2.38 bits per heavy atom. The van der Waals surface area contributed by atoms with Crippen molar-refractivity contribution in [3.63, 3.8) is 0 Å². The van der Waals surface area contributed by atoms with Gasteiger partial charge in [0.25, 0.3) is 0 Å². The molecule has 0 atom stereocenters. The first-order valence-corrected chi connectivity index (χ1v) is 14.5. The minimum atomic E-state index is -2.75. The van der Waals surface area contributed by atoms with Gasteiger partial charge >= 0.3 is 10.5 Å². The average Bonchev–Trinajstić information content (AvgIpc) is 2.90. The fourth-order valence-corrected chi connectivity index (χ4v) is 6.07. The van der Waals surface area contributed by atoms with Gasteiger partial charge in [-0.05, 0) is 87.8 Å². The highest BCUT2D eigenvalue weighted by Crippen LogP contribution is 2.49. The van der Waals surface area contributed by atoms with Crippen molar-refractivity contribution in [2.45, 2.75) is 83.2 Å². The maximum atomic E-state index is 14.7. The van der Waals surface area contributed by atoms with Crippen molar-refractivity contribution < 1.29 is 27.0 Å². The molecule has 2 aliphatic rings. The van der Waals surface area contributed by atoms with E-state index in [0.717, 1.165) is 74.8 Å². The summed E-state index contributed by atoms with van der Waals surface area (Å²) in [4.78, 5) is 5.03. The van der Waals surface area contributed by atoms with E-state index in [1.54, 1.807) is 32.0 Å². The minimum absolute atomic E-state index is 0.0726. The van der Waals surface area contributed by atoms with E-state index < -0.39 is 27.7 Å². The first-order valence-electron chi connectivity index (χ1n) is 13.5. The first-order chi connectivity index (χ1) is 18.6. The van der Waals surface area contributed by atoms with Crippen LogP contribution in [0, 0.1) is 11.6 Å². The van der Waals surface area contributed by atoms with Crippen LogP contribution in [0.2, 0.25) is 0 Å². The van der Waals surface area contributed by atoms with Crippen LogP contribution in [0.3, 0.4) is 0 Å². The number of ether oxygens (including phenoxy) is 1. The second kappa shape index (κ2) is 11.1. The summed E-state index contributed by atoms with van der Waals surface area (Å²) in [5, 5.41) is 10.9. The summed E-state index contributed by atoms with van der Waals surface area (Å²) in [6.07, 6.45) is 8.30. The van der Waals surface area contributed by atoms with Crippen molar-refractivity contribution in [3.05, 3.63) is 70.5 Å². The molecule has 1 heterocycles. The number of hydrogen-bond acceptors (Lipinski definition) is 6. The smallest absolute Gasteiger partial charge is 0.316 e. The van der Waals surface area contributed by atoms with Gasteiger partial charge in [-0.25, -0.2) is 8.78 Å². The first kappa shape index (κ1) is 27.4. The van der Waals surface area contributed by atoms with Gasteiger partial charge in [0, 0.05) is 28.8 Å². The van der Waals surface area contributed by atoms with Crippen molar-refractivity contribution in [1.82, 2.24) is 4.98 Å². The Labute approximate surface area is 228 Å². The van der Waals surface area contributed by atoms with E-state index >= 15 is 0 Å². The topological polar surface area (TPSA) is 88.8 Å². The van der Waals surface area contributed by atoms with Crippen LogP contribution in [-0.4, -0.2) is 18.5 Å². The molecule has 0 saturated heterocycles. The summed E-state index contributed by atoms with van der Waals surface area (Å²) in [5.74, 6) is -1.44. The molecule has 0 bridgehead atoms. The lowest BCUT2D eigenvalue weighted by Crippen LogP contribution is -2.16.